The highest BCUT2D eigenvalue weighted by molar-refractivity contribution is 5.04. The molecule has 0 spiro atoms. The molecule has 12 heavy (non-hydrogen) atoms. The smallest absolute Gasteiger partial charge is 0.0260 e. The second-order valence-corrected chi connectivity index (χ2v) is 4.27. The van der Waals surface area contributed by atoms with Crippen molar-refractivity contribution >= 4 is 0 Å². The van der Waals surface area contributed by atoms with Gasteiger partial charge in [0.15, 0.2) is 0 Å². The molecule has 0 nitrogen and oxygen atoms in total. The van der Waals surface area contributed by atoms with E-state index in [9.17, 15) is 0 Å². The first-order valence-electron chi connectivity index (χ1n) is 5.26. The topological polar surface area (TPSA) is 0 Å². The van der Waals surface area contributed by atoms with Crippen molar-refractivity contribution < 1.29 is 0 Å². The Kier molecular flexibility index (Phi) is 6.14. The zero-order chi connectivity index (χ0) is 9.56. The molecule has 0 fully saturated rings. The predicted octanol–water partition coefficient (Wildman–Crippen LogP) is 4.42. The molecule has 0 aliphatic heterocycles. The van der Waals surface area contributed by atoms with Gasteiger partial charge in [-0.3, -0.25) is 0 Å². The lowest BCUT2D eigenvalue weighted by Crippen LogP contribution is -1.97. The van der Waals surface area contributed by atoms with Crippen LogP contribution in [0.4, 0.5) is 0 Å². The Morgan fingerprint density at radius 3 is 2.08 bits per heavy atom. The average Bonchev–Trinajstić information content (AvgIpc) is 1.96. The SMILES string of the molecule is CC/C=C(\CCC(C)C)C(C)C. The van der Waals surface area contributed by atoms with Gasteiger partial charge in [0, 0.05) is 0 Å². The molecule has 0 aromatic heterocycles. The quantitative estimate of drug-likeness (QED) is 0.533. The first-order valence-corrected chi connectivity index (χ1v) is 5.26. The van der Waals surface area contributed by atoms with Crippen molar-refractivity contribution in [3.63, 3.8) is 0 Å². The Hall–Kier alpha value is -0.260. The molecule has 72 valence electrons. The van der Waals surface area contributed by atoms with E-state index in [0.29, 0.717) is 0 Å². The third-order valence-corrected chi connectivity index (χ3v) is 2.22. The molecule has 0 bridgehead atoms. The summed E-state index contributed by atoms with van der Waals surface area (Å²) in [6, 6.07) is 0. The summed E-state index contributed by atoms with van der Waals surface area (Å²) in [5, 5.41) is 0. The van der Waals surface area contributed by atoms with E-state index in [-0.39, 0.29) is 0 Å². The molecule has 0 rings (SSSR count). The van der Waals surface area contributed by atoms with Gasteiger partial charge in [0.25, 0.3) is 0 Å². The molecular weight excluding hydrogens is 144 g/mol. The van der Waals surface area contributed by atoms with Gasteiger partial charge in [-0.25, -0.2) is 0 Å². The minimum atomic E-state index is 0.740. The molecular formula is C12H24. The Morgan fingerprint density at radius 2 is 1.75 bits per heavy atom. The number of hydrogen-bond acceptors (Lipinski definition) is 0. The van der Waals surface area contributed by atoms with E-state index in [4.69, 9.17) is 0 Å². The lowest BCUT2D eigenvalue weighted by molar-refractivity contribution is 0.558. The maximum atomic E-state index is 2.40. The van der Waals surface area contributed by atoms with E-state index in [1.165, 1.54) is 19.3 Å². The summed E-state index contributed by atoms with van der Waals surface area (Å²) >= 11 is 0. The highest BCUT2D eigenvalue weighted by atomic mass is 14.1. The molecule has 0 heteroatoms. The summed E-state index contributed by atoms with van der Waals surface area (Å²) in [6.45, 7) is 11.4. The van der Waals surface area contributed by atoms with E-state index in [1.54, 1.807) is 5.57 Å². The standard InChI is InChI=1S/C12H24/c1-6-7-12(11(4)5)9-8-10(2)3/h7,10-11H,6,8-9H2,1-5H3/b12-7+. The zero-order valence-corrected chi connectivity index (χ0v) is 9.35. The molecule has 0 amide bonds. The van der Waals surface area contributed by atoms with Crippen LogP contribution in [0.2, 0.25) is 0 Å². The highest BCUT2D eigenvalue weighted by Gasteiger charge is 2.03. The Morgan fingerprint density at radius 1 is 1.17 bits per heavy atom. The summed E-state index contributed by atoms with van der Waals surface area (Å²) in [5.41, 5.74) is 1.64. The van der Waals surface area contributed by atoms with Crippen molar-refractivity contribution in [1.29, 1.82) is 0 Å². The third-order valence-electron chi connectivity index (χ3n) is 2.22. The first kappa shape index (κ1) is 11.7. The lowest BCUT2D eigenvalue weighted by Gasteiger charge is -2.12. The van der Waals surface area contributed by atoms with Gasteiger partial charge in [-0.15, -0.1) is 0 Å². The molecule has 0 N–H and O–H groups in total. The van der Waals surface area contributed by atoms with Crippen LogP contribution in [0.25, 0.3) is 0 Å². The van der Waals surface area contributed by atoms with Gasteiger partial charge < -0.3 is 0 Å². The maximum Gasteiger partial charge on any atom is -0.0260 e. The highest BCUT2D eigenvalue weighted by Crippen LogP contribution is 2.19. The molecule has 0 unspecified atom stereocenters. The van der Waals surface area contributed by atoms with E-state index in [2.05, 4.69) is 40.7 Å². The predicted molar refractivity (Wildman–Crippen MR) is 57.3 cm³/mol. The summed E-state index contributed by atoms with van der Waals surface area (Å²) in [7, 11) is 0. The van der Waals surface area contributed by atoms with Gasteiger partial charge in [0.2, 0.25) is 0 Å². The van der Waals surface area contributed by atoms with Crippen LogP contribution in [0, 0.1) is 11.8 Å². The van der Waals surface area contributed by atoms with Crippen LogP contribution < -0.4 is 0 Å². The molecule has 0 saturated carbocycles. The van der Waals surface area contributed by atoms with Crippen molar-refractivity contribution in [3.05, 3.63) is 11.6 Å². The van der Waals surface area contributed by atoms with Crippen LogP contribution in [0.15, 0.2) is 11.6 Å². The maximum absolute atomic E-state index is 2.40. The van der Waals surface area contributed by atoms with Gasteiger partial charge in [-0.05, 0) is 31.1 Å². The summed E-state index contributed by atoms with van der Waals surface area (Å²) in [5.74, 6) is 1.58. The van der Waals surface area contributed by atoms with Crippen LogP contribution in [-0.2, 0) is 0 Å². The Bertz CT molecular complexity index is 129. The molecule has 0 saturated heterocycles. The van der Waals surface area contributed by atoms with E-state index in [0.717, 1.165) is 11.8 Å². The third kappa shape index (κ3) is 5.40. The number of allylic oxidation sites excluding steroid dienone is 2. The summed E-state index contributed by atoms with van der Waals surface area (Å²) in [6.07, 6.45) is 6.21. The minimum Gasteiger partial charge on any atom is -0.0853 e. The van der Waals surface area contributed by atoms with Gasteiger partial charge in [0.1, 0.15) is 0 Å². The Labute approximate surface area is 78.1 Å². The van der Waals surface area contributed by atoms with Crippen LogP contribution in [0.5, 0.6) is 0 Å². The molecule has 0 aromatic rings. The van der Waals surface area contributed by atoms with Gasteiger partial charge in [-0.2, -0.15) is 0 Å². The number of rotatable bonds is 5. The van der Waals surface area contributed by atoms with Crippen molar-refractivity contribution in [2.24, 2.45) is 11.8 Å². The fourth-order valence-electron chi connectivity index (χ4n) is 1.34. The summed E-state index contributed by atoms with van der Waals surface area (Å²) in [4.78, 5) is 0. The fraction of sp³-hybridized carbons (Fsp3) is 0.833. The van der Waals surface area contributed by atoms with Crippen LogP contribution >= 0.6 is 0 Å². The molecule has 0 aliphatic carbocycles. The Balaban J connectivity index is 3.89. The first-order chi connectivity index (χ1) is 5.57. The monoisotopic (exact) mass is 168 g/mol. The number of hydrogen-bond donors (Lipinski definition) is 0. The average molecular weight is 168 g/mol. The van der Waals surface area contributed by atoms with Gasteiger partial charge >= 0.3 is 0 Å². The normalized spacial score (nSPS) is 13.1. The second-order valence-electron chi connectivity index (χ2n) is 4.27. The van der Waals surface area contributed by atoms with Crippen molar-refractivity contribution in [2.75, 3.05) is 0 Å². The van der Waals surface area contributed by atoms with Gasteiger partial charge in [0.05, 0.1) is 0 Å². The molecule has 0 aliphatic rings. The van der Waals surface area contributed by atoms with E-state index >= 15 is 0 Å². The molecule has 0 atom stereocenters. The minimum absolute atomic E-state index is 0.740. The molecule has 0 aromatic carbocycles. The lowest BCUT2D eigenvalue weighted by atomic mass is 9.94. The molecule has 0 radical (unpaired) electrons. The van der Waals surface area contributed by atoms with E-state index in [1.807, 2.05) is 0 Å². The van der Waals surface area contributed by atoms with Crippen LogP contribution in [-0.4, -0.2) is 0 Å². The second kappa shape index (κ2) is 6.28. The summed E-state index contributed by atoms with van der Waals surface area (Å²) < 4.78 is 0. The molecule has 0 heterocycles. The van der Waals surface area contributed by atoms with Crippen LogP contribution in [0.3, 0.4) is 0 Å². The fourth-order valence-corrected chi connectivity index (χ4v) is 1.34. The van der Waals surface area contributed by atoms with Crippen molar-refractivity contribution in [1.82, 2.24) is 0 Å². The van der Waals surface area contributed by atoms with Crippen molar-refractivity contribution in [2.45, 2.75) is 53.9 Å². The van der Waals surface area contributed by atoms with E-state index < -0.39 is 0 Å². The zero-order valence-electron chi connectivity index (χ0n) is 9.35. The van der Waals surface area contributed by atoms with Crippen molar-refractivity contribution in [3.8, 4) is 0 Å². The largest absolute Gasteiger partial charge is 0.0853 e. The van der Waals surface area contributed by atoms with Gasteiger partial charge in [-0.1, -0.05) is 46.3 Å². The van der Waals surface area contributed by atoms with Crippen LogP contribution in [0.1, 0.15) is 53.9 Å².